The third kappa shape index (κ3) is 7.82. The molecule has 23 heavy (non-hydrogen) atoms. The lowest BCUT2D eigenvalue weighted by Crippen LogP contribution is -2.39. The molecule has 0 aliphatic carbocycles. The molecule has 132 valence electrons. The van der Waals surface area contributed by atoms with E-state index >= 15 is 0 Å². The summed E-state index contributed by atoms with van der Waals surface area (Å²) < 4.78 is 11.2. The van der Waals surface area contributed by atoms with Crippen LogP contribution < -0.4 is 10.6 Å². The predicted octanol–water partition coefficient (Wildman–Crippen LogP) is 2.93. The normalized spacial score (nSPS) is 17.8. The summed E-state index contributed by atoms with van der Waals surface area (Å²) in [5.74, 6) is 0.844. The van der Waals surface area contributed by atoms with E-state index in [0.29, 0.717) is 19.3 Å². The second-order valence-electron chi connectivity index (χ2n) is 5.36. The molecule has 1 atom stereocenters. The van der Waals surface area contributed by atoms with Crippen molar-refractivity contribution in [2.45, 2.75) is 39.3 Å². The molecule has 0 amide bonds. The van der Waals surface area contributed by atoms with Crippen LogP contribution in [0.1, 0.15) is 30.2 Å². The Morgan fingerprint density at radius 1 is 1.48 bits per heavy atom. The van der Waals surface area contributed by atoms with E-state index in [1.165, 1.54) is 10.4 Å². The molecule has 2 N–H and O–H groups in total. The molecule has 0 bridgehead atoms. The lowest BCUT2D eigenvalue weighted by atomic mass is 10.2. The Morgan fingerprint density at radius 2 is 2.35 bits per heavy atom. The van der Waals surface area contributed by atoms with Gasteiger partial charge in [-0.05, 0) is 43.7 Å². The van der Waals surface area contributed by atoms with Crippen LogP contribution in [-0.2, 0) is 16.0 Å². The molecule has 7 heteroatoms. The highest BCUT2D eigenvalue weighted by atomic mass is 127. The van der Waals surface area contributed by atoms with Gasteiger partial charge < -0.3 is 20.1 Å². The van der Waals surface area contributed by atoms with Crippen LogP contribution in [0.5, 0.6) is 0 Å². The molecule has 1 aromatic rings. The lowest BCUT2D eigenvalue weighted by molar-refractivity contribution is 0.0191. The molecule has 2 heterocycles. The number of hydrogen-bond acceptors (Lipinski definition) is 4. The zero-order chi connectivity index (χ0) is 15.6. The lowest BCUT2D eigenvalue weighted by Gasteiger charge is -2.13. The number of hydrogen-bond donors (Lipinski definition) is 2. The molecular formula is C16H28IN3O2S. The van der Waals surface area contributed by atoms with Gasteiger partial charge in [-0.2, -0.15) is 0 Å². The molecular weight excluding hydrogens is 425 g/mol. The van der Waals surface area contributed by atoms with Gasteiger partial charge in [0.25, 0.3) is 0 Å². The van der Waals surface area contributed by atoms with Crippen molar-refractivity contribution in [1.82, 2.24) is 10.6 Å². The first kappa shape index (κ1) is 20.7. The number of ether oxygens (including phenoxy) is 2. The third-order valence-electron chi connectivity index (χ3n) is 3.56. The molecule has 1 saturated heterocycles. The van der Waals surface area contributed by atoms with Crippen LogP contribution in [0.4, 0.5) is 0 Å². The van der Waals surface area contributed by atoms with Crippen molar-refractivity contribution in [2.24, 2.45) is 4.99 Å². The molecule has 0 aromatic carbocycles. The third-order valence-corrected chi connectivity index (χ3v) is 4.57. The Hall–Kier alpha value is -0.380. The van der Waals surface area contributed by atoms with E-state index in [1.54, 1.807) is 11.3 Å². The standard InChI is InChI=1S/C16H27N3O2S.HI/c1-3-17-16(19-11-15-13(2)6-10-22-15)18-7-9-20-12-14-5-4-8-21-14;/h6,10,14H,3-5,7-9,11-12H2,1-2H3,(H2,17,18,19);1H. The molecule has 1 fully saturated rings. The quantitative estimate of drug-likeness (QED) is 0.275. The summed E-state index contributed by atoms with van der Waals surface area (Å²) in [4.78, 5) is 5.93. The van der Waals surface area contributed by atoms with Crippen LogP contribution in [-0.4, -0.2) is 45.0 Å². The number of nitrogens with one attached hydrogen (secondary N) is 2. The Bertz CT molecular complexity index is 462. The smallest absolute Gasteiger partial charge is 0.191 e. The summed E-state index contributed by atoms with van der Waals surface area (Å²) in [5, 5.41) is 8.68. The van der Waals surface area contributed by atoms with Gasteiger partial charge in [0.2, 0.25) is 0 Å². The summed E-state index contributed by atoms with van der Waals surface area (Å²) in [5.41, 5.74) is 1.31. The van der Waals surface area contributed by atoms with Crippen molar-refractivity contribution in [3.63, 3.8) is 0 Å². The van der Waals surface area contributed by atoms with Crippen LogP contribution in [0.2, 0.25) is 0 Å². The minimum atomic E-state index is 0. The van der Waals surface area contributed by atoms with Crippen LogP contribution in [0.25, 0.3) is 0 Å². The summed E-state index contributed by atoms with van der Waals surface area (Å²) in [6, 6.07) is 2.13. The second kappa shape index (κ2) is 12.0. The summed E-state index contributed by atoms with van der Waals surface area (Å²) in [7, 11) is 0. The summed E-state index contributed by atoms with van der Waals surface area (Å²) >= 11 is 1.75. The first-order chi connectivity index (χ1) is 10.8. The molecule has 1 aliphatic rings. The second-order valence-corrected chi connectivity index (χ2v) is 6.36. The van der Waals surface area contributed by atoms with Crippen LogP contribution in [0.3, 0.4) is 0 Å². The number of aliphatic imine (C=N–C) groups is 1. The monoisotopic (exact) mass is 453 g/mol. The Labute approximate surface area is 160 Å². The Kier molecular flexibility index (Phi) is 10.8. The molecule has 5 nitrogen and oxygen atoms in total. The van der Waals surface area contributed by atoms with Gasteiger partial charge in [0, 0.05) is 24.6 Å². The van der Waals surface area contributed by atoms with Crippen LogP contribution >= 0.6 is 35.3 Å². The van der Waals surface area contributed by atoms with Gasteiger partial charge in [-0.3, -0.25) is 0 Å². The maximum Gasteiger partial charge on any atom is 0.191 e. The summed E-state index contributed by atoms with van der Waals surface area (Å²) in [6.07, 6.45) is 2.58. The van der Waals surface area contributed by atoms with E-state index in [4.69, 9.17) is 9.47 Å². The van der Waals surface area contributed by atoms with Crippen molar-refractivity contribution in [2.75, 3.05) is 32.9 Å². The number of rotatable bonds is 8. The topological polar surface area (TPSA) is 54.9 Å². The van der Waals surface area contributed by atoms with Gasteiger partial charge in [-0.15, -0.1) is 35.3 Å². The fourth-order valence-electron chi connectivity index (χ4n) is 2.29. The van der Waals surface area contributed by atoms with Crippen molar-refractivity contribution in [3.05, 3.63) is 21.9 Å². The van der Waals surface area contributed by atoms with E-state index in [1.807, 2.05) is 0 Å². The largest absolute Gasteiger partial charge is 0.377 e. The molecule has 1 aromatic heterocycles. The molecule has 0 spiro atoms. The number of aryl methyl sites for hydroxylation is 1. The molecule has 1 unspecified atom stereocenters. The predicted molar refractivity (Wildman–Crippen MR) is 107 cm³/mol. The zero-order valence-electron chi connectivity index (χ0n) is 14.0. The maximum absolute atomic E-state index is 5.65. The zero-order valence-corrected chi connectivity index (χ0v) is 17.1. The highest BCUT2D eigenvalue weighted by Gasteiger charge is 2.14. The van der Waals surface area contributed by atoms with E-state index < -0.39 is 0 Å². The van der Waals surface area contributed by atoms with Gasteiger partial charge in [0.1, 0.15) is 0 Å². The Morgan fingerprint density at radius 3 is 3.00 bits per heavy atom. The molecule has 0 radical (unpaired) electrons. The van der Waals surface area contributed by atoms with Crippen molar-refractivity contribution in [3.8, 4) is 0 Å². The van der Waals surface area contributed by atoms with E-state index in [0.717, 1.165) is 45.0 Å². The number of thiophene rings is 1. The minimum absolute atomic E-state index is 0. The number of halogens is 1. The molecule has 0 saturated carbocycles. The molecule has 2 rings (SSSR count). The fraction of sp³-hybridized carbons (Fsp3) is 0.688. The van der Waals surface area contributed by atoms with Crippen molar-refractivity contribution < 1.29 is 9.47 Å². The van der Waals surface area contributed by atoms with Crippen molar-refractivity contribution >= 4 is 41.3 Å². The first-order valence-electron chi connectivity index (χ1n) is 8.04. The highest BCUT2D eigenvalue weighted by molar-refractivity contribution is 14.0. The fourth-order valence-corrected chi connectivity index (χ4v) is 3.12. The highest BCUT2D eigenvalue weighted by Crippen LogP contribution is 2.16. The van der Waals surface area contributed by atoms with Crippen molar-refractivity contribution in [1.29, 1.82) is 0 Å². The van der Waals surface area contributed by atoms with E-state index in [2.05, 4.69) is 40.9 Å². The van der Waals surface area contributed by atoms with Crippen LogP contribution in [0, 0.1) is 6.92 Å². The maximum atomic E-state index is 5.65. The Balaban J connectivity index is 0.00000264. The van der Waals surface area contributed by atoms with Gasteiger partial charge in [-0.25, -0.2) is 4.99 Å². The van der Waals surface area contributed by atoms with E-state index in [9.17, 15) is 0 Å². The van der Waals surface area contributed by atoms with Gasteiger partial charge >= 0.3 is 0 Å². The number of guanidine groups is 1. The van der Waals surface area contributed by atoms with Crippen LogP contribution in [0.15, 0.2) is 16.4 Å². The average molecular weight is 453 g/mol. The average Bonchev–Trinajstić information content (AvgIpc) is 3.16. The van der Waals surface area contributed by atoms with Gasteiger partial charge in [-0.1, -0.05) is 0 Å². The van der Waals surface area contributed by atoms with Gasteiger partial charge in [0.05, 0.1) is 25.9 Å². The van der Waals surface area contributed by atoms with Gasteiger partial charge in [0.15, 0.2) is 5.96 Å². The molecule has 1 aliphatic heterocycles. The number of nitrogens with zero attached hydrogens (tertiary/aromatic N) is 1. The first-order valence-corrected chi connectivity index (χ1v) is 8.92. The summed E-state index contributed by atoms with van der Waals surface area (Å²) in [6.45, 7) is 8.77. The minimum Gasteiger partial charge on any atom is -0.377 e. The SMILES string of the molecule is CCNC(=NCc1sccc1C)NCCOCC1CCCO1.I. The van der Waals surface area contributed by atoms with E-state index in [-0.39, 0.29) is 24.0 Å².